The Balaban J connectivity index is 0.00000578. The maximum Gasteiger partial charge on any atom is 0.135 e. The van der Waals surface area contributed by atoms with Crippen molar-refractivity contribution in [3.8, 4) is 17.3 Å². The summed E-state index contributed by atoms with van der Waals surface area (Å²) in [7, 11) is 0. The molecule has 0 saturated carbocycles. The van der Waals surface area contributed by atoms with Crippen LogP contribution in [0.3, 0.4) is 0 Å². The Morgan fingerprint density at radius 2 is 1.07 bits per heavy atom. The van der Waals surface area contributed by atoms with Crippen LogP contribution in [0.25, 0.3) is 27.6 Å². The van der Waals surface area contributed by atoms with E-state index >= 15 is 0 Å². The van der Waals surface area contributed by atoms with E-state index in [1.165, 1.54) is 27.8 Å². The van der Waals surface area contributed by atoms with Crippen LogP contribution in [0, 0.1) is 18.8 Å². The molecule has 0 atom stereocenters. The number of benzene rings is 7. The van der Waals surface area contributed by atoms with Crippen LogP contribution in [-0.4, -0.2) is 9.55 Å². The molecule has 3 heterocycles. The molecule has 1 aliphatic heterocycles. The molecule has 1 aliphatic rings. The summed E-state index contributed by atoms with van der Waals surface area (Å²) in [5.74, 6) is 2.07. The predicted molar refractivity (Wildman–Crippen MR) is 279 cm³/mol. The average molecular weight is 1070 g/mol. The Morgan fingerprint density at radius 1 is 0.471 bits per heavy atom. The fraction of sp³-hybridized carbons (Fsp3) is 0.226. The molecule has 68 heavy (non-hydrogen) atoms. The molecule has 10 rings (SSSR count). The van der Waals surface area contributed by atoms with Gasteiger partial charge in [0.05, 0.1) is 0 Å². The zero-order valence-electron chi connectivity index (χ0n) is 40.8. The van der Waals surface area contributed by atoms with Crippen molar-refractivity contribution in [2.45, 2.75) is 90.9 Å². The summed E-state index contributed by atoms with van der Waals surface area (Å²) in [5, 5.41) is 2.23. The van der Waals surface area contributed by atoms with Gasteiger partial charge in [-0.2, -0.15) is 6.07 Å². The Morgan fingerprint density at radius 3 is 1.72 bits per heavy atom. The number of hydrogen-bond donors (Lipinski definition) is 0. The molecular weight excluding hydrogens is 1010 g/mol. The van der Waals surface area contributed by atoms with Gasteiger partial charge in [-0.25, -0.2) is 4.98 Å². The van der Waals surface area contributed by atoms with Gasteiger partial charge < -0.3 is 19.1 Å². The summed E-state index contributed by atoms with van der Waals surface area (Å²) in [6.07, 6.45) is 1.92. The fourth-order valence-corrected chi connectivity index (χ4v) is 9.48. The third-order valence-electron chi connectivity index (χ3n) is 13.9. The third-order valence-corrected chi connectivity index (χ3v) is 13.9. The first kappa shape index (κ1) is 46.7. The van der Waals surface area contributed by atoms with E-state index in [4.69, 9.17) is 9.72 Å². The maximum absolute atomic E-state index is 6.92. The molecule has 0 amide bonds. The van der Waals surface area contributed by atoms with Crippen LogP contribution in [0.15, 0.2) is 170 Å². The topological polar surface area (TPSA) is 33.5 Å². The van der Waals surface area contributed by atoms with Gasteiger partial charge in [0.25, 0.3) is 0 Å². The number of hydrogen-bond acceptors (Lipinski definition) is 4. The zero-order chi connectivity index (χ0) is 46.9. The Kier molecular flexibility index (Phi) is 12.1. The molecule has 346 valence electrons. The third kappa shape index (κ3) is 8.56. The van der Waals surface area contributed by atoms with Crippen molar-refractivity contribution >= 4 is 44.6 Å². The number of rotatable bonds is 9. The summed E-state index contributed by atoms with van der Waals surface area (Å²) in [4.78, 5) is 9.50. The van der Waals surface area contributed by atoms with Gasteiger partial charge in [0.2, 0.25) is 0 Å². The largest absolute Gasteiger partial charge is 0.509 e. The molecule has 0 radical (unpaired) electrons. The van der Waals surface area contributed by atoms with Crippen molar-refractivity contribution in [1.29, 1.82) is 0 Å². The van der Waals surface area contributed by atoms with Gasteiger partial charge in [-0.3, -0.25) is 0 Å². The molecule has 6 heteroatoms. The number of nitrogens with zero attached hydrogens (tertiary/aromatic N) is 4. The van der Waals surface area contributed by atoms with E-state index in [9.17, 15) is 0 Å². The zero-order valence-corrected chi connectivity index (χ0v) is 43.0. The summed E-state index contributed by atoms with van der Waals surface area (Å²) in [6.45, 7) is 24.8. The summed E-state index contributed by atoms with van der Waals surface area (Å²) < 4.78 is 9.16. The molecule has 2 aromatic heterocycles. The first-order chi connectivity index (χ1) is 32.0. The molecule has 0 N–H and O–H groups in total. The number of ether oxygens (including phenoxy) is 1. The summed E-state index contributed by atoms with van der Waals surface area (Å²) in [5.41, 5.74) is 12.9. The molecule has 7 aromatic carbocycles. The van der Waals surface area contributed by atoms with E-state index in [1.54, 1.807) is 0 Å². The van der Waals surface area contributed by atoms with Gasteiger partial charge in [-0.05, 0) is 86.5 Å². The number of pyridine rings is 1. The van der Waals surface area contributed by atoms with Crippen LogP contribution in [-0.2, 0) is 42.7 Å². The number of fused-ring (bicyclic) bond motifs is 4. The molecule has 0 spiro atoms. The SMILES string of the molecule is CC(C)(C)c1cc(Oc2[c-]c3c(cc2)c2cc(C(C)(C)c4ccccc4)ccc2n3-c2cc(C(C)(C)C)ccn2)[c-]c(N2[CH-]N(c3cccc(C(C)(C)c4ccccc4)c3)c3ccccc32)c1.[Pt]. The summed E-state index contributed by atoms with van der Waals surface area (Å²) in [6, 6.07) is 66.2. The van der Waals surface area contributed by atoms with Gasteiger partial charge in [0, 0.05) is 72.2 Å². The molecule has 0 unspecified atom stereocenters. The molecule has 9 aromatic rings. The second-order valence-electron chi connectivity index (χ2n) is 21.2. The van der Waals surface area contributed by atoms with Crippen LogP contribution in [0.5, 0.6) is 11.5 Å². The molecular formula is C62H59N4OPt-3. The van der Waals surface area contributed by atoms with Crippen LogP contribution in [0.1, 0.15) is 103 Å². The average Bonchev–Trinajstić information content (AvgIpc) is 3.87. The quantitative estimate of drug-likeness (QED) is 0.135. The van der Waals surface area contributed by atoms with Gasteiger partial charge in [-0.15, -0.1) is 53.6 Å². The van der Waals surface area contributed by atoms with Crippen LogP contribution < -0.4 is 14.5 Å². The fourth-order valence-electron chi connectivity index (χ4n) is 9.48. The van der Waals surface area contributed by atoms with Crippen LogP contribution in [0.2, 0.25) is 0 Å². The van der Waals surface area contributed by atoms with E-state index in [0.29, 0.717) is 11.5 Å². The monoisotopic (exact) mass is 1070 g/mol. The van der Waals surface area contributed by atoms with Gasteiger partial charge in [0.1, 0.15) is 5.82 Å². The molecule has 0 saturated heterocycles. The van der Waals surface area contributed by atoms with E-state index < -0.39 is 0 Å². The van der Waals surface area contributed by atoms with Gasteiger partial charge in [-0.1, -0.05) is 172 Å². The van der Waals surface area contributed by atoms with Crippen molar-refractivity contribution < 1.29 is 25.8 Å². The van der Waals surface area contributed by atoms with Crippen molar-refractivity contribution in [3.63, 3.8) is 0 Å². The van der Waals surface area contributed by atoms with Crippen molar-refractivity contribution in [2.75, 3.05) is 9.80 Å². The van der Waals surface area contributed by atoms with Crippen LogP contribution >= 0.6 is 0 Å². The Labute approximate surface area is 417 Å². The molecule has 0 fully saturated rings. The Bertz CT molecular complexity index is 3280. The summed E-state index contributed by atoms with van der Waals surface area (Å²) >= 11 is 0. The minimum atomic E-state index is -0.208. The maximum atomic E-state index is 6.92. The van der Waals surface area contributed by atoms with E-state index in [1.807, 2.05) is 12.3 Å². The van der Waals surface area contributed by atoms with E-state index in [-0.39, 0.29) is 42.7 Å². The first-order valence-corrected chi connectivity index (χ1v) is 23.4. The van der Waals surface area contributed by atoms with E-state index in [0.717, 1.165) is 55.9 Å². The van der Waals surface area contributed by atoms with Gasteiger partial charge in [0.15, 0.2) is 0 Å². The Hall–Kier alpha value is -6.42. The second kappa shape index (κ2) is 17.6. The van der Waals surface area contributed by atoms with Crippen LogP contribution in [0.4, 0.5) is 22.7 Å². The number of para-hydroxylation sites is 2. The predicted octanol–water partition coefficient (Wildman–Crippen LogP) is 16.2. The minimum Gasteiger partial charge on any atom is -0.509 e. The molecule has 0 aliphatic carbocycles. The standard InChI is InChI=1S/C62H59N4O.Pt/c1-59(2,3)44-32-33-63-58(38-44)66-54-31-28-46(62(9,10)43-22-15-12-16-23-43)37-53(54)52-30-29-50(40-57(52)66)67-51-36-47(60(4,5)6)35-49(39-51)65-41-64(55-26-17-18-27-56(55)65)48-25-19-24-45(34-48)61(7,8)42-20-13-11-14-21-42;/h11-38,41H,1-10H3;/q-3;. The minimum absolute atomic E-state index is 0. The van der Waals surface area contributed by atoms with E-state index in [2.05, 4.69) is 260 Å². The molecule has 5 nitrogen and oxygen atoms in total. The van der Waals surface area contributed by atoms with Crippen molar-refractivity contribution in [1.82, 2.24) is 9.55 Å². The normalized spacial score (nSPS) is 13.2. The molecule has 0 bridgehead atoms. The van der Waals surface area contributed by atoms with Crippen molar-refractivity contribution in [2.24, 2.45) is 0 Å². The smallest absolute Gasteiger partial charge is 0.135 e. The number of aromatic nitrogens is 2. The first-order valence-electron chi connectivity index (χ1n) is 23.4. The number of anilines is 4. The van der Waals surface area contributed by atoms with Gasteiger partial charge >= 0.3 is 0 Å². The van der Waals surface area contributed by atoms with Crippen molar-refractivity contribution in [3.05, 3.63) is 222 Å². The second-order valence-corrected chi connectivity index (χ2v) is 21.2.